The summed E-state index contributed by atoms with van der Waals surface area (Å²) in [5, 5.41) is 7.45. The molecule has 1 amide bonds. The van der Waals surface area contributed by atoms with Crippen LogP contribution in [0.2, 0.25) is 5.02 Å². The molecule has 0 fully saturated rings. The minimum absolute atomic E-state index is 0.0731. The number of hydrogen-bond donors (Lipinski definition) is 1. The van der Waals surface area contributed by atoms with E-state index in [9.17, 15) is 22.8 Å². The topological polar surface area (TPSA) is 73.2 Å². The van der Waals surface area contributed by atoms with Crippen molar-refractivity contribution in [1.29, 1.82) is 0 Å². The molecule has 10 heteroatoms. The zero-order valence-corrected chi connectivity index (χ0v) is 17.7. The molecule has 0 aliphatic rings. The highest BCUT2D eigenvalue weighted by Gasteiger charge is 2.30. The highest BCUT2D eigenvalue weighted by molar-refractivity contribution is 6.30. The third-order valence-electron chi connectivity index (χ3n) is 4.47. The smallest absolute Gasteiger partial charge is 0.416 e. The molecule has 3 aromatic rings. The summed E-state index contributed by atoms with van der Waals surface area (Å²) < 4.78 is 44.9. The standard InChI is InChI=1S/C22H19ClF3N3O3/c1-14(32-18-4-2-3-16(13-18)22(24,25)26)21(31)27-11-12-29-20(30)10-9-19(28-29)15-5-7-17(23)8-6-15/h2-10,13-14H,11-12H2,1H3,(H,27,31). The third-order valence-corrected chi connectivity index (χ3v) is 4.72. The van der Waals surface area contributed by atoms with Crippen molar-refractivity contribution in [3.8, 4) is 17.0 Å². The Hall–Kier alpha value is -3.33. The zero-order chi connectivity index (χ0) is 23.3. The second kappa shape index (κ2) is 9.86. The minimum Gasteiger partial charge on any atom is -0.481 e. The lowest BCUT2D eigenvalue weighted by atomic mass is 10.1. The van der Waals surface area contributed by atoms with Gasteiger partial charge >= 0.3 is 6.18 Å². The molecule has 0 bridgehead atoms. The van der Waals surface area contributed by atoms with Crippen molar-refractivity contribution in [2.75, 3.05) is 6.54 Å². The number of nitrogens with zero attached hydrogens (tertiary/aromatic N) is 2. The molecule has 1 atom stereocenters. The Labute approximate surface area is 186 Å². The summed E-state index contributed by atoms with van der Waals surface area (Å²) >= 11 is 5.88. The van der Waals surface area contributed by atoms with Gasteiger partial charge in [0.25, 0.3) is 11.5 Å². The molecule has 2 aromatic carbocycles. The van der Waals surface area contributed by atoms with Gasteiger partial charge in [0.15, 0.2) is 6.10 Å². The van der Waals surface area contributed by atoms with Gasteiger partial charge in [-0.25, -0.2) is 4.68 Å². The largest absolute Gasteiger partial charge is 0.481 e. The number of aromatic nitrogens is 2. The highest BCUT2D eigenvalue weighted by Crippen LogP contribution is 2.31. The lowest BCUT2D eigenvalue weighted by Gasteiger charge is -2.16. The second-order valence-electron chi connectivity index (χ2n) is 6.86. The van der Waals surface area contributed by atoms with Crippen molar-refractivity contribution in [1.82, 2.24) is 15.1 Å². The van der Waals surface area contributed by atoms with Crippen LogP contribution in [0.4, 0.5) is 13.2 Å². The molecule has 0 radical (unpaired) electrons. The fraction of sp³-hybridized carbons (Fsp3) is 0.227. The summed E-state index contributed by atoms with van der Waals surface area (Å²) in [6, 6.07) is 14.2. The Balaban J connectivity index is 1.58. The van der Waals surface area contributed by atoms with Crippen molar-refractivity contribution >= 4 is 17.5 Å². The summed E-state index contributed by atoms with van der Waals surface area (Å²) in [5.74, 6) is -0.611. The van der Waals surface area contributed by atoms with Crippen LogP contribution in [-0.4, -0.2) is 28.3 Å². The summed E-state index contributed by atoms with van der Waals surface area (Å²) in [7, 11) is 0. The van der Waals surface area contributed by atoms with Crippen molar-refractivity contribution in [2.45, 2.75) is 25.7 Å². The van der Waals surface area contributed by atoms with E-state index in [-0.39, 0.29) is 24.4 Å². The van der Waals surface area contributed by atoms with Gasteiger partial charge in [-0.1, -0.05) is 29.8 Å². The minimum atomic E-state index is -4.51. The molecule has 0 saturated heterocycles. The van der Waals surface area contributed by atoms with Crippen LogP contribution in [0.25, 0.3) is 11.3 Å². The van der Waals surface area contributed by atoms with Crippen LogP contribution < -0.4 is 15.6 Å². The molecule has 3 rings (SSSR count). The molecule has 1 unspecified atom stereocenters. The molecule has 1 heterocycles. The van der Waals surface area contributed by atoms with Crippen LogP contribution >= 0.6 is 11.6 Å². The predicted molar refractivity (Wildman–Crippen MR) is 113 cm³/mol. The lowest BCUT2D eigenvalue weighted by Crippen LogP contribution is -2.39. The summed E-state index contributed by atoms with van der Waals surface area (Å²) in [6.07, 6.45) is -5.55. The number of benzene rings is 2. The summed E-state index contributed by atoms with van der Waals surface area (Å²) in [5.41, 5.74) is 0.128. The molecule has 6 nitrogen and oxygen atoms in total. The first kappa shape index (κ1) is 23.3. The normalized spacial score (nSPS) is 12.3. The van der Waals surface area contributed by atoms with Crippen LogP contribution in [0.5, 0.6) is 5.75 Å². The average molecular weight is 466 g/mol. The molecule has 1 aromatic heterocycles. The molecular formula is C22H19ClF3N3O3. The number of rotatable bonds is 7. The van der Waals surface area contributed by atoms with E-state index < -0.39 is 23.8 Å². The SMILES string of the molecule is CC(Oc1cccc(C(F)(F)F)c1)C(=O)NCCn1nc(-c2ccc(Cl)cc2)ccc1=O. The number of hydrogen-bond acceptors (Lipinski definition) is 4. The molecule has 168 valence electrons. The summed E-state index contributed by atoms with van der Waals surface area (Å²) in [4.78, 5) is 24.3. The predicted octanol–water partition coefficient (Wildman–Crippen LogP) is 4.17. The maximum absolute atomic E-state index is 12.8. The zero-order valence-electron chi connectivity index (χ0n) is 16.9. The van der Waals surface area contributed by atoms with Crippen molar-refractivity contribution in [3.63, 3.8) is 0 Å². The van der Waals surface area contributed by atoms with Gasteiger partial charge in [-0.3, -0.25) is 9.59 Å². The van der Waals surface area contributed by atoms with Crippen molar-refractivity contribution in [3.05, 3.63) is 81.6 Å². The monoisotopic (exact) mass is 465 g/mol. The second-order valence-corrected chi connectivity index (χ2v) is 7.30. The van der Waals surface area contributed by atoms with E-state index in [1.54, 1.807) is 30.3 Å². The van der Waals surface area contributed by atoms with Gasteiger partial charge in [0.2, 0.25) is 0 Å². The molecule has 0 aliphatic heterocycles. The Bertz CT molecular complexity index is 1150. The number of amides is 1. The van der Waals surface area contributed by atoms with Crippen LogP contribution in [-0.2, 0) is 17.5 Å². The molecule has 0 saturated carbocycles. The van der Waals surface area contributed by atoms with E-state index in [1.165, 1.54) is 29.8 Å². The van der Waals surface area contributed by atoms with E-state index in [4.69, 9.17) is 16.3 Å². The van der Waals surface area contributed by atoms with E-state index in [0.29, 0.717) is 10.7 Å². The maximum atomic E-state index is 12.8. The Morgan fingerprint density at radius 2 is 1.88 bits per heavy atom. The van der Waals surface area contributed by atoms with Gasteiger partial charge in [-0.15, -0.1) is 0 Å². The van der Waals surface area contributed by atoms with Gasteiger partial charge < -0.3 is 10.1 Å². The number of nitrogens with one attached hydrogen (secondary N) is 1. The number of halogens is 4. The maximum Gasteiger partial charge on any atom is 0.416 e. The van der Waals surface area contributed by atoms with Gasteiger partial charge in [0.05, 0.1) is 17.8 Å². The number of ether oxygens (including phenoxy) is 1. The van der Waals surface area contributed by atoms with Crippen LogP contribution in [0, 0.1) is 0 Å². The van der Waals surface area contributed by atoms with E-state index in [2.05, 4.69) is 10.4 Å². The Kier molecular flexibility index (Phi) is 7.19. The quantitative estimate of drug-likeness (QED) is 0.568. The first-order chi connectivity index (χ1) is 15.1. The van der Waals surface area contributed by atoms with E-state index in [0.717, 1.165) is 17.7 Å². The molecule has 0 aliphatic carbocycles. The number of carbonyl (C=O) groups excluding carboxylic acids is 1. The van der Waals surface area contributed by atoms with Gasteiger partial charge in [-0.05, 0) is 43.3 Å². The average Bonchev–Trinajstić information content (AvgIpc) is 2.75. The fourth-order valence-corrected chi connectivity index (χ4v) is 2.94. The molecule has 0 spiro atoms. The molecule has 32 heavy (non-hydrogen) atoms. The fourth-order valence-electron chi connectivity index (χ4n) is 2.82. The lowest BCUT2D eigenvalue weighted by molar-refractivity contribution is -0.137. The number of alkyl halides is 3. The van der Waals surface area contributed by atoms with E-state index in [1.807, 2.05) is 0 Å². The van der Waals surface area contributed by atoms with Gasteiger partial charge in [0.1, 0.15) is 5.75 Å². The first-order valence-electron chi connectivity index (χ1n) is 9.59. The van der Waals surface area contributed by atoms with E-state index >= 15 is 0 Å². The Morgan fingerprint density at radius 1 is 1.16 bits per heavy atom. The van der Waals surface area contributed by atoms with Gasteiger partial charge in [0, 0.05) is 23.2 Å². The Morgan fingerprint density at radius 3 is 2.56 bits per heavy atom. The highest BCUT2D eigenvalue weighted by atomic mass is 35.5. The summed E-state index contributed by atoms with van der Waals surface area (Å²) in [6.45, 7) is 1.59. The van der Waals surface area contributed by atoms with Crippen molar-refractivity contribution in [2.24, 2.45) is 0 Å². The van der Waals surface area contributed by atoms with Gasteiger partial charge in [-0.2, -0.15) is 18.3 Å². The molecule has 1 N–H and O–H groups in total. The van der Waals surface area contributed by atoms with Crippen LogP contribution in [0.15, 0.2) is 65.5 Å². The molecular weight excluding hydrogens is 447 g/mol. The third kappa shape index (κ3) is 6.10. The number of carbonyl (C=O) groups is 1. The van der Waals surface area contributed by atoms with Crippen LogP contribution in [0.3, 0.4) is 0 Å². The van der Waals surface area contributed by atoms with Crippen molar-refractivity contribution < 1.29 is 22.7 Å². The first-order valence-corrected chi connectivity index (χ1v) is 9.97. The van der Waals surface area contributed by atoms with Crippen LogP contribution in [0.1, 0.15) is 12.5 Å².